The molecule has 3 rings (SSSR count). The number of anilines is 1. The second kappa shape index (κ2) is 12.8. The summed E-state index contributed by atoms with van der Waals surface area (Å²) < 4.78 is 0. The first-order chi connectivity index (χ1) is 17.4. The highest BCUT2D eigenvalue weighted by molar-refractivity contribution is 6.01. The number of hydrogen-bond donors (Lipinski definition) is 5. The first-order valence-electron chi connectivity index (χ1n) is 11.0. The molecule has 0 unspecified atom stereocenters. The van der Waals surface area contributed by atoms with Gasteiger partial charge in [0.15, 0.2) is 0 Å². The number of benzene rings is 2. The van der Waals surface area contributed by atoms with Crippen molar-refractivity contribution in [2.45, 2.75) is 12.6 Å². The molecular weight excluding hydrogens is 460 g/mol. The second-order valence-corrected chi connectivity index (χ2v) is 7.65. The summed E-state index contributed by atoms with van der Waals surface area (Å²) in [5.41, 5.74) is 15.5. The Balaban J connectivity index is 1.77. The number of rotatable bonds is 9. The molecule has 1 heterocycles. The van der Waals surface area contributed by atoms with Gasteiger partial charge in [0, 0.05) is 41.7 Å². The van der Waals surface area contributed by atoms with Crippen LogP contribution in [0.1, 0.15) is 27.2 Å². The highest BCUT2D eigenvalue weighted by Gasteiger charge is 2.29. The molecule has 0 saturated heterocycles. The van der Waals surface area contributed by atoms with Crippen LogP contribution in [0.15, 0.2) is 72.9 Å². The number of nitrogens with zero attached hydrogens (tertiary/aromatic N) is 2. The number of hydrogen-bond acceptors (Lipinski definition) is 7. The molecule has 0 aliphatic rings. The van der Waals surface area contributed by atoms with Crippen molar-refractivity contribution in [3.05, 3.63) is 95.3 Å². The number of aromatic nitrogens is 1. The molecule has 0 fully saturated rings. The molecule has 0 radical (unpaired) electrons. The fraction of sp³-hybridized carbons (Fsp3) is 0.154. The number of nitrogens with two attached hydrogens (primary N) is 2. The summed E-state index contributed by atoms with van der Waals surface area (Å²) >= 11 is 0. The van der Waals surface area contributed by atoms with Gasteiger partial charge >= 0.3 is 0 Å². The Morgan fingerprint density at radius 3 is 2.14 bits per heavy atom. The summed E-state index contributed by atoms with van der Waals surface area (Å²) in [6, 6.07) is 17.6. The second-order valence-electron chi connectivity index (χ2n) is 7.65. The van der Waals surface area contributed by atoms with Gasteiger partial charge in [0.25, 0.3) is 5.91 Å². The fourth-order valence-corrected chi connectivity index (χ4v) is 3.35. The zero-order valence-corrected chi connectivity index (χ0v) is 19.3. The van der Waals surface area contributed by atoms with Crippen molar-refractivity contribution in [2.24, 2.45) is 11.5 Å². The number of carbonyl (C=O) groups excluding carboxylic acids is 3. The van der Waals surface area contributed by atoms with Crippen LogP contribution in [-0.4, -0.2) is 47.0 Å². The third-order valence-corrected chi connectivity index (χ3v) is 5.19. The van der Waals surface area contributed by atoms with Crippen LogP contribution < -0.4 is 27.2 Å². The van der Waals surface area contributed by atoms with Crippen LogP contribution >= 0.6 is 0 Å². The monoisotopic (exact) mass is 486 g/mol. The van der Waals surface area contributed by atoms with E-state index in [0.717, 1.165) is 5.69 Å². The Morgan fingerprint density at radius 2 is 1.61 bits per heavy atom. The van der Waals surface area contributed by atoms with Crippen LogP contribution in [0.5, 0.6) is 0 Å². The fourth-order valence-electron chi connectivity index (χ4n) is 3.35. The van der Waals surface area contributed by atoms with E-state index in [1.165, 1.54) is 4.90 Å². The maximum absolute atomic E-state index is 13.1. The van der Waals surface area contributed by atoms with E-state index < -0.39 is 23.8 Å². The molecule has 36 heavy (non-hydrogen) atoms. The predicted octanol–water partition coefficient (Wildman–Crippen LogP) is 0.536. The molecule has 1 aromatic heterocycles. The van der Waals surface area contributed by atoms with E-state index in [9.17, 15) is 14.4 Å². The van der Waals surface area contributed by atoms with Crippen LogP contribution in [0.25, 0.3) is 0 Å². The quantitative estimate of drug-likeness (QED) is 0.167. The Kier molecular flexibility index (Phi) is 9.25. The average Bonchev–Trinajstić information content (AvgIpc) is 2.91. The Bertz CT molecular complexity index is 1250. The number of amides is 3. The molecule has 3 aromatic rings. The van der Waals surface area contributed by atoms with E-state index in [4.69, 9.17) is 16.7 Å². The van der Waals surface area contributed by atoms with Crippen molar-refractivity contribution >= 4 is 23.4 Å². The number of carbonyl (C=O) groups is 3. The average molecular weight is 487 g/mol. The van der Waals surface area contributed by atoms with Crippen molar-refractivity contribution in [1.29, 1.82) is 0 Å². The van der Waals surface area contributed by atoms with Crippen molar-refractivity contribution < 1.29 is 19.6 Å². The molecular formula is C26H26N6O4. The number of nitrogens with one attached hydrogen (secondary N) is 2. The molecule has 0 spiro atoms. The molecule has 0 aliphatic carbocycles. The van der Waals surface area contributed by atoms with Crippen LogP contribution in [0.3, 0.4) is 0 Å². The van der Waals surface area contributed by atoms with Gasteiger partial charge in [-0.3, -0.25) is 29.5 Å². The van der Waals surface area contributed by atoms with Crippen LogP contribution in [0, 0.1) is 11.8 Å². The minimum atomic E-state index is -1.13. The summed E-state index contributed by atoms with van der Waals surface area (Å²) in [4.78, 5) is 41.9. The van der Waals surface area contributed by atoms with Crippen molar-refractivity contribution in [3.8, 4) is 11.8 Å². The minimum Gasteiger partial charge on any atom is -0.366 e. The first-order valence-corrected chi connectivity index (χ1v) is 11.0. The highest BCUT2D eigenvalue weighted by Crippen LogP contribution is 2.19. The molecule has 10 heteroatoms. The summed E-state index contributed by atoms with van der Waals surface area (Å²) in [5, 5.41) is 12.2. The van der Waals surface area contributed by atoms with E-state index in [1.54, 1.807) is 66.3 Å². The lowest BCUT2D eigenvalue weighted by Gasteiger charge is -2.29. The zero-order valence-electron chi connectivity index (χ0n) is 19.3. The molecule has 7 N–H and O–H groups in total. The Morgan fingerprint density at radius 1 is 0.972 bits per heavy atom. The van der Waals surface area contributed by atoms with E-state index >= 15 is 0 Å². The lowest BCUT2D eigenvalue weighted by Crippen LogP contribution is -2.55. The Hall–Kier alpha value is -4.56. The van der Waals surface area contributed by atoms with Crippen molar-refractivity contribution in [2.75, 3.05) is 18.0 Å². The largest absolute Gasteiger partial charge is 0.366 e. The van der Waals surface area contributed by atoms with Gasteiger partial charge in [-0.2, -0.15) is 0 Å². The van der Waals surface area contributed by atoms with Crippen molar-refractivity contribution in [3.63, 3.8) is 0 Å². The predicted molar refractivity (Wildman–Crippen MR) is 134 cm³/mol. The molecule has 10 nitrogen and oxygen atoms in total. The maximum atomic E-state index is 13.1. The van der Waals surface area contributed by atoms with E-state index in [2.05, 4.69) is 22.1 Å². The van der Waals surface area contributed by atoms with E-state index in [-0.39, 0.29) is 13.1 Å². The summed E-state index contributed by atoms with van der Waals surface area (Å²) in [5.74, 6) is 4.25. The summed E-state index contributed by atoms with van der Waals surface area (Å²) in [6.07, 6.45) is 1.65. The Labute approximate surface area is 208 Å². The lowest BCUT2D eigenvalue weighted by molar-refractivity contribution is -0.132. The SMILES string of the molecule is NC[C@@H](C(=O)NO)N(C(=O)CNCc1ccccn1)c1ccc(C#Cc2ccc(C(N)=O)cc2)cc1. The minimum absolute atomic E-state index is 0.0887. The van der Waals surface area contributed by atoms with Crippen LogP contribution in [0.4, 0.5) is 5.69 Å². The van der Waals surface area contributed by atoms with E-state index in [1.807, 2.05) is 12.1 Å². The standard InChI is InChI=1S/C26H26N6O4/c27-15-23(26(35)31-36)32(24(33)17-29-16-21-3-1-2-14-30-21)22-12-8-19(9-13-22)5-4-18-6-10-20(11-7-18)25(28)34/h1-3,6-14,23,29,36H,15-17,27H2,(H2,28,34)(H,31,35)/t23-/m0/s1. The topological polar surface area (TPSA) is 164 Å². The molecule has 3 amide bonds. The number of hydroxylamine groups is 1. The van der Waals surface area contributed by atoms with Gasteiger partial charge in [0.05, 0.1) is 12.2 Å². The highest BCUT2D eigenvalue weighted by atomic mass is 16.5. The molecule has 0 bridgehead atoms. The molecule has 0 saturated carbocycles. The molecule has 184 valence electrons. The van der Waals surface area contributed by atoms with Crippen LogP contribution in [-0.2, 0) is 16.1 Å². The van der Waals surface area contributed by atoms with Gasteiger partial charge in [-0.15, -0.1) is 0 Å². The van der Waals surface area contributed by atoms with Gasteiger partial charge < -0.3 is 16.8 Å². The molecule has 2 aromatic carbocycles. The van der Waals surface area contributed by atoms with Gasteiger partial charge in [-0.05, 0) is 60.7 Å². The van der Waals surface area contributed by atoms with E-state index in [0.29, 0.717) is 28.9 Å². The normalized spacial score (nSPS) is 11.1. The smallest absolute Gasteiger partial charge is 0.267 e. The third-order valence-electron chi connectivity index (χ3n) is 5.19. The summed E-state index contributed by atoms with van der Waals surface area (Å²) in [7, 11) is 0. The van der Waals surface area contributed by atoms with Crippen LogP contribution in [0.2, 0.25) is 0 Å². The maximum Gasteiger partial charge on any atom is 0.267 e. The molecule has 1 atom stereocenters. The lowest BCUT2D eigenvalue weighted by atomic mass is 10.1. The van der Waals surface area contributed by atoms with Gasteiger partial charge in [-0.25, -0.2) is 5.48 Å². The van der Waals surface area contributed by atoms with Gasteiger partial charge in [0.1, 0.15) is 6.04 Å². The van der Waals surface area contributed by atoms with Gasteiger partial charge in [-0.1, -0.05) is 17.9 Å². The van der Waals surface area contributed by atoms with Gasteiger partial charge in [0.2, 0.25) is 11.8 Å². The molecule has 0 aliphatic heterocycles. The summed E-state index contributed by atoms with van der Waals surface area (Å²) in [6.45, 7) is 0.0602. The van der Waals surface area contributed by atoms with Crippen molar-refractivity contribution in [1.82, 2.24) is 15.8 Å². The number of pyridine rings is 1. The zero-order chi connectivity index (χ0) is 25.9. The first kappa shape index (κ1) is 26.1. The third kappa shape index (κ3) is 6.97. The number of primary amides is 1.